The Balaban J connectivity index is 2.07. The second-order valence-corrected chi connectivity index (χ2v) is 8.16. The van der Waals surface area contributed by atoms with Crippen LogP contribution in [0.5, 0.6) is 0 Å². The molecule has 0 aromatic carbocycles. The third-order valence-corrected chi connectivity index (χ3v) is 5.74. The third-order valence-electron chi connectivity index (χ3n) is 5.74. The number of amides is 3. The minimum atomic E-state index is -1.52. The van der Waals surface area contributed by atoms with Gasteiger partial charge in [-0.25, -0.2) is 4.79 Å². The minimum Gasteiger partial charge on any atom is -0.481 e. The van der Waals surface area contributed by atoms with Crippen LogP contribution < -0.4 is 16.0 Å². The summed E-state index contributed by atoms with van der Waals surface area (Å²) in [5.74, 6) is -5.67. The van der Waals surface area contributed by atoms with Crippen molar-refractivity contribution in [2.24, 2.45) is 0 Å². The minimum absolute atomic E-state index is 0.198. The van der Waals surface area contributed by atoms with E-state index in [1.165, 1.54) is 4.90 Å². The van der Waals surface area contributed by atoms with Crippen molar-refractivity contribution in [2.45, 2.75) is 75.5 Å². The van der Waals surface area contributed by atoms with E-state index in [4.69, 9.17) is 10.2 Å². The Kier molecular flexibility index (Phi) is 9.57. The van der Waals surface area contributed by atoms with Gasteiger partial charge in [-0.05, 0) is 45.1 Å². The molecule has 0 aliphatic carbocycles. The van der Waals surface area contributed by atoms with E-state index in [0.717, 1.165) is 6.42 Å². The van der Waals surface area contributed by atoms with Gasteiger partial charge in [0.1, 0.15) is 18.1 Å². The van der Waals surface area contributed by atoms with E-state index in [0.29, 0.717) is 32.4 Å². The van der Waals surface area contributed by atoms with Crippen LogP contribution in [0.4, 0.5) is 0 Å². The number of carboxylic acid groups (broad SMARTS) is 3. The highest BCUT2D eigenvalue weighted by molar-refractivity contribution is 5.94. The number of likely N-dealkylation sites (tertiary alicyclic amines) is 1. The number of aliphatic carboxylic acids is 3. The number of carbonyl (C=O) groups is 6. The first-order valence-electron chi connectivity index (χ1n) is 10.9. The molecule has 0 aromatic rings. The number of carboxylic acids is 3. The van der Waals surface area contributed by atoms with Crippen LogP contribution in [-0.4, -0.2) is 93.1 Å². The zero-order chi connectivity index (χ0) is 24.5. The normalized spacial score (nSPS) is 21.8. The zero-order valence-corrected chi connectivity index (χ0v) is 18.1. The summed E-state index contributed by atoms with van der Waals surface area (Å²) in [4.78, 5) is 72.9. The van der Waals surface area contributed by atoms with Crippen LogP contribution in [0.15, 0.2) is 0 Å². The first kappa shape index (κ1) is 26.0. The molecule has 33 heavy (non-hydrogen) atoms. The Bertz CT molecular complexity index is 781. The van der Waals surface area contributed by atoms with Crippen LogP contribution in [-0.2, 0) is 28.8 Å². The lowest BCUT2D eigenvalue weighted by Gasteiger charge is -2.28. The molecule has 0 saturated carbocycles. The maximum absolute atomic E-state index is 12.9. The monoisotopic (exact) mass is 470 g/mol. The molecule has 2 heterocycles. The number of hydrogen-bond donors (Lipinski definition) is 6. The summed E-state index contributed by atoms with van der Waals surface area (Å²) in [7, 11) is 0. The van der Waals surface area contributed by atoms with Gasteiger partial charge in [0, 0.05) is 19.4 Å². The van der Waals surface area contributed by atoms with Crippen molar-refractivity contribution in [3.05, 3.63) is 0 Å². The van der Waals surface area contributed by atoms with E-state index in [1.54, 1.807) is 0 Å². The van der Waals surface area contributed by atoms with Crippen LogP contribution >= 0.6 is 0 Å². The Morgan fingerprint density at radius 2 is 1.52 bits per heavy atom. The summed E-state index contributed by atoms with van der Waals surface area (Å²) in [6.07, 6.45) is 0.846. The van der Waals surface area contributed by atoms with Crippen LogP contribution in [0, 0.1) is 0 Å². The topological polar surface area (TPSA) is 202 Å². The zero-order valence-electron chi connectivity index (χ0n) is 18.1. The van der Waals surface area contributed by atoms with Gasteiger partial charge >= 0.3 is 17.9 Å². The maximum Gasteiger partial charge on any atom is 0.326 e. The lowest BCUT2D eigenvalue weighted by atomic mass is 10.1. The Morgan fingerprint density at radius 3 is 2.06 bits per heavy atom. The largest absolute Gasteiger partial charge is 0.481 e. The molecule has 2 aliphatic heterocycles. The molecule has 2 aliphatic rings. The summed E-state index contributed by atoms with van der Waals surface area (Å²) >= 11 is 0. The van der Waals surface area contributed by atoms with Gasteiger partial charge in [-0.15, -0.1) is 0 Å². The van der Waals surface area contributed by atoms with Crippen molar-refractivity contribution in [2.75, 3.05) is 13.1 Å². The van der Waals surface area contributed by atoms with Gasteiger partial charge < -0.3 is 36.2 Å². The smallest absolute Gasteiger partial charge is 0.326 e. The third kappa shape index (κ3) is 7.70. The molecule has 6 N–H and O–H groups in total. The predicted molar refractivity (Wildman–Crippen MR) is 111 cm³/mol. The van der Waals surface area contributed by atoms with E-state index < -0.39 is 60.7 Å². The lowest BCUT2D eigenvalue weighted by molar-refractivity contribution is -0.144. The highest BCUT2D eigenvalue weighted by atomic mass is 16.4. The van der Waals surface area contributed by atoms with Gasteiger partial charge in [-0.1, -0.05) is 0 Å². The number of nitrogens with zero attached hydrogens (tertiary/aromatic N) is 1. The maximum atomic E-state index is 12.9. The second-order valence-electron chi connectivity index (χ2n) is 8.16. The molecule has 3 amide bonds. The molecule has 0 spiro atoms. The molecule has 2 rings (SSSR count). The molecule has 13 nitrogen and oxygen atoms in total. The standard InChI is InChI=1S/C20H30N4O9/c25-15(26)7-5-11(17(29)23-13(20(32)33)6-8-16(27)28)22-18(30)14-4-2-10-24(14)19(31)12-3-1-9-21-12/h11-14,21H,1-10H2,(H,22,30)(H,23,29)(H,25,26)(H,27,28)(H,32,33)/t11-,12-,13-,14-/m0/s1. The van der Waals surface area contributed by atoms with Gasteiger partial charge in [0.15, 0.2) is 0 Å². The highest BCUT2D eigenvalue weighted by Crippen LogP contribution is 2.21. The predicted octanol–water partition coefficient (Wildman–Crippen LogP) is -1.49. The number of nitrogens with one attached hydrogen (secondary N) is 3. The van der Waals surface area contributed by atoms with E-state index >= 15 is 0 Å². The molecular formula is C20H30N4O9. The van der Waals surface area contributed by atoms with Crippen molar-refractivity contribution in [1.82, 2.24) is 20.9 Å². The van der Waals surface area contributed by atoms with Gasteiger partial charge in [-0.3, -0.25) is 24.0 Å². The molecule has 184 valence electrons. The second kappa shape index (κ2) is 12.1. The summed E-state index contributed by atoms with van der Waals surface area (Å²) in [5, 5.41) is 34.7. The van der Waals surface area contributed by atoms with Crippen LogP contribution in [0.2, 0.25) is 0 Å². The molecule has 2 fully saturated rings. The molecule has 2 saturated heterocycles. The fraction of sp³-hybridized carbons (Fsp3) is 0.700. The molecule has 4 atom stereocenters. The lowest BCUT2D eigenvalue weighted by Crippen LogP contribution is -2.56. The summed E-state index contributed by atoms with van der Waals surface area (Å²) in [6.45, 7) is 1.10. The average molecular weight is 470 g/mol. The average Bonchev–Trinajstić information content (AvgIpc) is 3.44. The molecule has 0 radical (unpaired) electrons. The summed E-state index contributed by atoms with van der Waals surface area (Å²) in [6, 6.07) is -4.06. The molecule has 0 bridgehead atoms. The first-order valence-corrected chi connectivity index (χ1v) is 10.9. The van der Waals surface area contributed by atoms with Gasteiger partial charge in [0.25, 0.3) is 0 Å². The van der Waals surface area contributed by atoms with E-state index in [9.17, 15) is 33.9 Å². The molecular weight excluding hydrogens is 440 g/mol. The summed E-state index contributed by atoms with van der Waals surface area (Å²) in [5.41, 5.74) is 0. The quantitative estimate of drug-likeness (QED) is 0.195. The Labute approximate surface area is 189 Å². The van der Waals surface area contributed by atoms with Crippen LogP contribution in [0.1, 0.15) is 51.4 Å². The number of rotatable bonds is 12. The van der Waals surface area contributed by atoms with Crippen molar-refractivity contribution in [3.63, 3.8) is 0 Å². The van der Waals surface area contributed by atoms with Crippen molar-refractivity contribution in [3.8, 4) is 0 Å². The number of carbonyl (C=O) groups excluding carboxylic acids is 3. The fourth-order valence-corrected chi connectivity index (χ4v) is 4.00. The molecule has 13 heteroatoms. The van der Waals surface area contributed by atoms with Crippen molar-refractivity contribution >= 4 is 35.6 Å². The van der Waals surface area contributed by atoms with Gasteiger partial charge in [0.2, 0.25) is 17.7 Å². The van der Waals surface area contributed by atoms with Crippen LogP contribution in [0.25, 0.3) is 0 Å². The fourth-order valence-electron chi connectivity index (χ4n) is 4.00. The Morgan fingerprint density at radius 1 is 0.879 bits per heavy atom. The van der Waals surface area contributed by atoms with E-state index in [1.807, 2.05) is 0 Å². The van der Waals surface area contributed by atoms with Crippen molar-refractivity contribution < 1.29 is 44.1 Å². The first-order chi connectivity index (χ1) is 15.6. The molecule has 0 aromatic heterocycles. The summed E-state index contributed by atoms with van der Waals surface area (Å²) < 4.78 is 0. The van der Waals surface area contributed by atoms with E-state index in [-0.39, 0.29) is 24.8 Å². The van der Waals surface area contributed by atoms with Gasteiger partial charge in [-0.2, -0.15) is 0 Å². The Hall–Kier alpha value is -3.22. The SMILES string of the molecule is O=C(O)CC[C@H](NC(=O)[C@H](CCC(=O)O)NC(=O)[C@@H]1CCCN1C(=O)[C@@H]1CCCN1)C(=O)O. The van der Waals surface area contributed by atoms with E-state index in [2.05, 4.69) is 16.0 Å². The number of hydrogen-bond acceptors (Lipinski definition) is 7. The van der Waals surface area contributed by atoms with Gasteiger partial charge in [0.05, 0.1) is 6.04 Å². The van der Waals surface area contributed by atoms with Crippen molar-refractivity contribution in [1.29, 1.82) is 0 Å². The van der Waals surface area contributed by atoms with Crippen LogP contribution in [0.3, 0.4) is 0 Å². The molecule has 0 unspecified atom stereocenters. The highest BCUT2D eigenvalue weighted by Gasteiger charge is 2.39.